The predicted octanol–water partition coefficient (Wildman–Crippen LogP) is 1.88. The van der Waals surface area contributed by atoms with Crippen molar-refractivity contribution < 1.29 is 0 Å². The molecular weight excluding hydrogens is 210 g/mol. The molecule has 17 heavy (non-hydrogen) atoms. The number of nitriles is 1. The van der Waals surface area contributed by atoms with Crippen LogP contribution in [0.4, 0.5) is 0 Å². The second-order valence-corrected chi connectivity index (χ2v) is 4.68. The number of hydrogen-bond acceptors (Lipinski definition) is 3. The van der Waals surface area contributed by atoms with Gasteiger partial charge in [-0.05, 0) is 42.6 Å². The molecule has 0 fully saturated rings. The maximum Gasteiger partial charge on any atom is 0.0991 e. The van der Waals surface area contributed by atoms with Gasteiger partial charge in [-0.3, -0.25) is 0 Å². The van der Waals surface area contributed by atoms with Crippen LogP contribution in [0.5, 0.6) is 0 Å². The summed E-state index contributed by atoms with van der Waals surface area (Å²) in [6.45, 7) is 6.88. The Kier molecular flexibility index (Phi) is 5.68. The summed E-state index contributed by atoms with van der Waals surface area (Å²) < 4.78 is 0. The predicted molar refractivity (Wildman–Crippen MR) is 70.2 cm³/mol. The molecule has 1 aromatic carbocycles. The average molecular weight is 231 g/mol. The molecule has 0 bridgehead atoms. The molecule has 0 amide bonds. The van der Waals surface area contributed by atoms with Gasteiger partial charge in [0.05, 0.1) is 11.6 Å². The molecule has 1 unspecified atom stereocenters. The topological polar surface area (TPSA) is 61.8 Å². The van der Waals surface area contributed by atoms with Gasteiger partial charge in [0.25, 0.3) is 0 Å². The normalized spacial score (nSPS) is 12.4. The van der Waals surface area contributed by atoms with Gasteiger partial charge in [0.2, 0.25) is 0 Å². The van der Waals surface area contributed by atoms with Crippen molar-refractivity contribution in [2.24, 2.45) is 17.6 Å². The highest BCUT2D eigenvalue weighted by Crippen LogP contribution is 2.08. The summed E-state index contributed by atoms with van der Waals surface area (Å²) in [5.41, 5.74) is 7.62. The highest BCUT2D eigenvalue weighted by atomic mass is 14.9. The third-order valence-electron chi connectivity index (χ3n) is 3.06. The molecule has 1 aromatic rings. The minimum Gasteiger partial charge on any atom is -0.330 e. The van der Waals surface area contributed by atoms with Crippen LogP contribution in [0, 0.1) is 23.2 Å². The van der Waals surface area contributed by atoms with Crippen molar-refractivity contribution in [3.63, 3.8) is 0 Å². The molecule has 0 aliphatic carbocycles. The van der Waals surface area contributed by atoms with Crippen molar-refractivity contribution in [1.29, 1.82) is 5.26 Å². The van der Waals surface area contributed by atoms with Crippen LogP contribution in [0.25, 0.3) is 0 Å². The smallest absolute Gasteiger partial charge is 0.0991 e. The first-order chi connectivity index (χ1) is 8.17. The van der Waals surface area contributed by atoms with Crippen molar-refractivity contribution in [3.8, 4) is 6.07 Å². The molecule has 1 rings (SSSR count). The van der Waals surface area contributed by atoms with E-state index in [1.807, 2.05) is 24.3 Å². The zero-order valence-electron chi connectivity index (χ0n) is 10.6. The molecule has 0 spiro atoms. The Labute approximate surface area is 104 Å². The maximum atomic E-state index is 8.69. The second kappa shape index (κ2) is 7.05. The molecule has 3 nitrogen and oxygen atoms in total. The molecule has 0 saturated heterocycles. The van der Waals surface area contributed by atoms with E-state index < -0.39 is 0 Å². The number of nitrogens with two attached hydrogens (primary N) is 1. The van der Waals surface area contributed by atoms with Crippen LogP contribution < -0.4 is 11.1 Å². The van der Waals surface area contributed by atoms with Crippen molar-refractivity contribution >= 4 is 0 Å². The Morgan fingerprint density at radius 1 is 1.29 bits per heavy atom. The molecule has 0 radical (unpaired) electrons. The molecule has 0 aliphatic heterocycles. The van der Waals surface area contributed by atoms with Gasteiger partial charge >= 0.3 is 0 Å². The van der Waals surface area contributed by atoms with Crippen LogP contribution in [0.3, 0.4) is 0 Å². The fraction of sp³-hybridized carbons (Fsp3) is 0.500. The molecule has 3 N–H and O–H groups in total. The van der Waals surface area contributed by atoms with Crippen LogP contribution in [-0.2, 0) is 6.54 Å². The van der Waals surface area contributed by atoms with Gasteiger partial charge in [-0.1, -0.05) is 26.0 Å². The van der Waals surface area contributed by atoms with E-state index in [9.17, 15) is 0 Å². The molecule has 0 heterocycles. The monoisotopic (exact) mass is 231 g/mol. The van der Waals surface area contributed by atoms with Gasteiger partial charge in [-0.15, -0.1) is 0 Å². The van der Waals surface area contributed by atoms with Gasteiger partial charge in [0.15, 0.2) is 0 Å². The minimum absolute atomic E-state index is 0.522. The van der Waals surface area contributed by atoms with Crippen molar-refractivity contribution in [2.45, 2.75) is 20.4 Å². The summed E-state index contributed by atoms with van der Waals surface area (Å²) in [5.74, 6) is 1.13. The second-order valence-electron chi connectivity index (χ2n) is 4.68. The van der Waals surface area contributed by atoms with Crippen LogP contribution in [0.2, 0.25) is 0 Å². The first-order valence-corrected chi connectivity index (χ1v) is 6.07. The van der Waals surface area contributed by atoms with Crippen LogP contribution in [0.15, 0.2) is 24.3 Å². The zero-order valence-corrected chi connectivity index (χ0v) is 10.6. The van der Waals surface area contributed by atoms with Gasteiger partial charge in [-0.25, -0.2) is 0 Å². The first-order valence-electron chi connectivity index (χ1n) is 6.07. The summed E-state index contributed by atoms with van der Waals surface area (Å²) in [7, 11) is 0. The Morgan fingerprint density at radius 3 is 2.41 bits per heavy atom. The van der Waals surface area contributed by atoms with E-state index in [2.05, 4.69) is 25.2 Å². The molecule has 0 aliphatic rings. The van der Waals surface area contributed by atoms with Crippen LogP contribution >= 0.6 is 0 Å². The van der Waals surface area contributed by atoms with E-state index in [0.717, 1.165) is 19.6 Å². The molecular formula is C14H21N3. The highest BCUT2D eigenvalue weighted by molar-refractivity contribution is 5.31. The van der Waals surface area contributed by atoms with Crippen molar-refractivity contribution in [2.75, 3.05) is 13.1 Å². The summed E-state index contributed by atoms with van der Waals surface area (Å²) >= 11 is 0. The van der Waals surface area contributed by atoms with Gasteiger partial charge < -0.3 is 11.1 Å². The zero-order chi connectivity index (χ0) is 12.7. The third-order valence-corrected chi connectivity index (χ3v) is 3.06. The lowest BCUT2D eigenvalue weighted by Crippen LogP contribution is -2.31. The number of nitrogens with zero attached hydrogens (tertiary/aromatic N) is 1. The van der Waals surface area contributed by atoms with Crippen LogP contribution in [0.1, 0.15) is 25.0 Å². The standard InChI is InChI=1S/C14H21N3/c1-11(2)14(8-16)10-17-9-13-5-3-12(7-15)4-6-13/h3-6,11,14,17H,8-10,16H2,1-2H3. The average Bonchev–Trinajstić information content (AvgIpc) is 2.35. The van der Waals surface area contributed by atoms with Gasteiger partial charge in [-0.2, -0.15) is 5.26 Å². The third kappa shape index (κ3) is 4.56. The van der Waals surface area contributed by atoms with Gasteiger partial charge in [0, 0.05) is 6.54 Å². The Bertz CT molecular complexity index is 362. The Morgan fingerprint density at radius 2 is 1.94 bits per heavy atom. The quantitative estimate of drug-likeness (QED) is 0.785. The Hall–Kier alpha value is -1.37. The number of benzene rings is 1. The summed E-state index contributed by atoms with van der Waals surface area (Å²) in [4.78, 5) is 0. The van der Waals surface area contributed by atoms with Crippen molar-refractivity contribution in [1.82, 2.24) is 5.32 Å². The lowest BCUT2D eigenvalue weighted by molar-refractivity contribution is 0.370. The minimum atomic E-state index is 0.522. The van der Waals surface area contributed by atoms with Gasteiger partial charge in [0.1, 0.15) is 0 Å². The molecule has 1 atom stereocenters. The lowest BCUT2D eigenvalue weighted by atomic mass is 9.96. The van der Waals surface area contributed by atoms with E-state index in [-0.39, 0.29) is 0 Å². The molecule has 0 saturated carbocycles. The molecule has 0 aromatic heterocycles. The number of hydrogen-bond donors (Lipinski definition) is 2. The van der Waals surface area contributed by atoms with E-state index >= 15 is 0 Å². The van der Waals surface area contributed by atoms with E-state index in [1.165, 1.54) is 5.56 Å². The van der Waals surface area contributed by atoms with Crippen LogP contribution in [-0.4, -0.2) is 13.1 Å². The molecule has 3 heteroatoms. The number of rotatable bonds is 6. The van der Waals surface area contributed by atoms with E-state index in [4.69, 9.17) is 11.0 Å². The van der Waals surface area contributed by atoms with E-state index in [1.54, 1.807) is 0 Å². The fourth-order valence-electron chi connectivity index (χ4n) is 1.69. The Balaban J connectivity index is 2.37. The number of nitrogens with one attached hydrogen (secondary N) is 1. The first kappa shape index (κ1) is 13.7. The summed E-state index contributed by atoms with van der Waals surface area (Å²) in [6, 6.07) is 9.78. The fourth-order valence-corrected chi connectivity index (χ4v) is 1.69. The lowest BCUT2D eigenvalue weighted by Gasteiger charge is -2.19. The SMILES string of the molecule is CC(C)C(CN)CNCc1ccc(C#N)cc1. The summed E-state index contributed by atoms with van der Waals surface area (Å²) in [6.07, 6.45) is 0. The largest absolute Gasteiger partial charge is 0.330 e. The maximum absolute atomic E-state index is 8.69. The van der Waals surface area contributed by atoms with E-state index in [0.29, 0.717) is 17.4 Å². The molecule has 92 valence electrons. The highest BCUT2D eigenvalue weighted by Gasteiger charge is 2.10. The van der Waals surface area contributed by atoms with Crippen molar-refractivity contribution in [3.05, 3.63) is 35.4 Å². The summed E-state index contributed by atoms with van der Waals surface area (Å²) in [5, 5.41) is 12.1.